The fraction of sp³-hybridized carbons (Fsp3) is 0.0800. The Bertz CT molecular complexity index is 1360. The lowest BCUT2D eigenvalue weighted by atomic mass is 10.1. The minimum absolute atomic E-state index is 0.0554. The van der Waals surface area contributed by atoms with Gasteiger partial charge in [0.15, 0.2) is 0 Å². The molecule has 172 valence electrons. The number of nitrogens with one attached hydrogen (secondary N) is 2. The van der Waals surface area contributed by atoms with Crippen molar-refractivity contribution in [3.8, 4) is 0 Å². The number of para-hydroxylation sites is 2. The second kappa shape index (κ2) is 9.62. The van der Waals surface area contributed by atoms with Crippen LogP contribution < -0.4 is 10.7 Å². The number of anilines is 1. The number of amides is 2. The monoisotopic (exact) mass is 464 g/mol. The van der Waals surface area contributed by atoms with Gasteiger partial charge in [-0.15, -0.1) is 0 Å². The number of aromatic nitrogens is 1. The molecule has 2 N–H and O–H groups in total. The minimum Gasteiger partial charge on any atom is -0.337 e. The molecule has 0 aliphatic heterocycles. The zero-order chi connectivity index (χ0) is 24.1. The summed E-state index contributed by atoms with van der Waals surface area (Å²) in [6.07, 6.45) is -1.44. The summed E-state index contributed by atoms with van der Waals surface area (Å²) >= 11 is 0. The molecular formula is C25H19F3N4O2. The standard InChI is InChI=1S/C25H19F3N4O2/c26-25(27,28)19-8-6-7-17(13-19)24(34)31-29-14-18-15-32(22-12-5-4-11-21(18)22)16-23(33)30-20-9-2-1-3-10-20/h1-15H,16H2,(H,30,33)(H,31,34)/b29-14+. The quantitative estimate of drug-likeness (QED) is 0.309. The smallest absolute Gasteiger partial charge is 0.337 e. The highest BCUT2D eigenvalue weighted by Gasteiger charge is 2.30. The number of carbonyl (C=O) groups excluding carboxylic acids is 2. The normalized spacial score (nSPS) is 11.6. The summed E-state index contributed by atoms with van der Waals surface area (Å²) in [4.78, 5) is 24.7. The molecule has 0 saturated heterocycles. The average Bonchev–Trinajstić information content (AvgIpc) is 3.16. The molecule has 4 rings (SSSR count). The van der Waals surface area contributed by atoms with Crippen LogP contribution in [-0.4, -0.2) is 22.6 Å². The maximum absolute atomic E-state index is 12.9. The largest absolute Gasteiger partial charge is 0.416 e. The van der Waals surface area contributed by atoms with Crippen molar-refractivity contribution in [2.24, 2.45) is 5.10 Å². The molecular weight excluding hydrogens is 445 g/mol. The lowest BCUT2D eigenvalue weighted by Gasteiger charge is -2.07. The molecule has 0 atom stereocenters. The number of halogens is 3. The van der Waals surface area contributed by atoms with Crippen molar-refractivity contribution in [1.82, 2.24) is 9.99 Å². The number of rotatable bonds is 6. The van der Waals surface area contributed by atoms with E-state index in [9.17, 15) is 22.8 Å². The van der Waals surface area contributed by atoms with Crippen LogP contribution in [0.2, 0.25) is 0 Å². The number of fused-ring (bicyclic) bond motifs is 1. The summed E-state index contributed by atoms with van der Waals surface area (Å²) in [5.41, 5.74) is 3.28. The zero-order valence-electron chi connectivity index (χ0n) is 17.7. The molecule has 2 amide bonds. The van der Waals surface area contributed by atoms with Crippen molar-refractivity contribution < 1.29 is 22.8 Å². The van der Waals surface area contributed by atoms with Gasteiger partial charge in [-0.05, 0) is 36.4 Å². The van der Waals surface area contributed by atoms with E-state index in [2.05, 4.69) is 15.8 Å². The van der Waals surface area contributed by atoms with Crippen LogP contribution in [0, 0.1) is 0 Å². The summed E-state index contributed by atoms with van der Waals surface area (Å²) in [7, 11) is 0. The van der Waals surface area contributed by atoms with E-state index >= 15 is 0 Å². The van der Waals surface area contributed by atoms with Crippen LogP contribution in [0.5, 0.6) is 0 Å². The molecule has 1 heterocycles. The van der Waals surface area contributed by atoms with Gasteiger partial charge in [0, 0.05) is 33.9 Å². The molecule has 0 radical (unpaired) electrons. The van der Waals surface area contributed by atoms with Crippen LogP contribution in [0.15, 0.2) is 90.2 Å². The SMILES string of the molecule is O=C(Cn1cc(/C=N/NC(=O)c2cccc(C(F)(F)F)c2)c2ccccc21)Nc1ccccc1. The lowest BCUT2D eigenvalue weighted by Crippen LogP contribution is -2.18. The van der Waals surface area contributed by atoms with Gasteiger partial charge < -0.3 is 9.88 Å². The Morgan fingerprint density at radius 1 is 0.941 bits per heavy atom. The molecule has 0 fully saturated rings. The Morgan fingerprint density at radius 3 is 2.44 bits per heavy atom. The Morgan fingerprint density at radius 2 is 1.68 bits per heavy atom. The zero-order valence-corrected chi connectivity index (χ0v) is 17.7. The third-order valence-corrected chi connectivity index (χ3v) is 5.01. The summed E-state index contributed by atoms with van der Waals surface area (Å²) < 4.78 is 40.4. The predicted molar refractivity (Wildman–Crippen MR) is 124 cm³/mol. The Labute approximate surface area is 192 Å². The molecule has 6 nitrogen and oxygen atoms in total. The lowest BCUT2D eigenvalue weighted by molar-refractivity contribution is -0.137. The first-order valence-corrected chi connectivity index (χ1v) is 10.2. The number of nitrogens with zero attached hydrogens (tertiary/aromatic N) is 2. The van der Waals surface area contributed by atoms with E-state index in [-0.39, 0.29) is 18.0 Å². The average molecular weight is 464 g/mol. The van der Waals surface area contributed by atoms with Gasteiger partial charge in [-0.25, -0.2) is 5.43 Å². The van der Waals surface area contributed by atoms with E-state index in [0.29, 0.717) is 11.3 Å². The predicted octanol–water partition coefficient (Wildman–Crippen LogP) is 5.06. The van der Waals surface area contributed by atoms with Gasteiger partial charge in [-0.1, -0.05) is 42.5 Å². The van der Waals surface area contributed by atoms with Crippen molar-refractivity contribution in [3.63, 3.8) is 0 Å². The number of hydrogen-bond acceptors (Lipinski definition) is 3. The summed E-state index contributed by atoms with van der Waals surface area (Å²) in [5, 5.41) is 7.52. The molecule has 9 heteroatoms. The molecule has 0 aliphatic rings. The number of carbonyl (C=O) groups is 2. The summed E-state index contributed by atoms with van der Waals surface area (Å²) in [5.74, 6) is -0.985. The number of alkyl halides is 3. The van der Waals surface area contributed by atoms with Gasteiger partial charge in [0.05, 0.1) is 11.8 Å². The maximum Gasteiger partial charge on any atom is 0.416 e. The third kappa shape index (κ3) is 5.32. The van der Waals surface area contributed by atoms with Crippen LogP contribution >= 0.6 is 0 Å². The van der Waals surface area contributed by atoms with E-state index in [1.54, 1.807) is 22.9 Å². The van der Waals surface area contributed by atoms with Crippen LogP contribution in [0.4, 0.5) is 18.9 Å². The van der Waals surface area contributed by atoms with Crippen molar-refractivity contribution in [2.45, 2.75) is 12.7 Å². The first-order chi connectivity index (χ1) is 16.3. The molecule has 0 bridgehead atoms. The minimum atomic E-state index is -4.55. The van der Waals surface area contributed by atoms with Gasteiger partial charge in [0.25, 0.3) is 5.91 Å². The Hall–Kier alpha value is -4.40. The molecule has 0 unspecified atom stereocenters. The van der Waals surface area contributed by atoms with Gasteiger partial charge in [0.2, 0.25) is 5.91 Å². The molecule has 3 aromatic carbocycles. The van der Waals surface area contributed by atoms with Gasteiger partial charge >= 0.3 is 6.18 Å². The van der Waals surface area contributed by atoms with Crippen molar-refractivity contribution in [2.75, 3.05) is 5.32 Å². The Kier molecular flexibility index (Phi) is 6.44. The fourth-order valence-electron chi connectivity index (χ4n) is 3.45. The summed E-state index contributed by atoms with van der Waals surface area (Å²) in [6, 6.07) is 20.5. The van der Waals surface area contributed by atoms with Gasteiger partial charge in [0.1, 0.15) is 6.54 Å². The second-order valence-corrected chi connectivity index (χ2v) is 7.42. The van der Waals surface area contributed by atoms with Crippen LogP contribution in [0.25, 0.3) is 10.9 Å². The van der Waals surface area contributed by atoms with Crippen molar-refractivity contribution in [3.05, 3.63) is 102 Å². The van der Waals surface area contributed by atoms with Gasteiger partial charge in [-0.3, -0.25) is 9.59 Å². The molecule has 0 saturated carbocycles. The van der Waals surface area contributed by atoms with Gasteiger partial charge in [-0.2, -0.15) is 18.3 Å². The molecule has 34 heavy (non-hydrogen) atoms. The summed E-state index contributed by atoms with van der Waals surface area (Å²) in [6.45, 7) is 0.0554. The molecule has 0 aliphatic carbocycles. The molecule has 1 aromatic heterocycles. The molecule has 0 spiro atoms. The fourth-order valence-corrected chi connectivity index (χ4v) is 3.45. The number of hydrazone groups is 1. The van der Waals surface area contributed by atoms with Crippen molar-refractivity contribution >= 4 is 34.6 Å². The number of hydrogen-bond donors (Lipinski definition) is 2. The van der Waals surface area contributed by atoms with Crippen LogP contribution in [-0.2, 0) is 17.5 Å². The molecule has 4 aromatic rings. The first kappa shape index (κ1) is 22.8. The Balaban J connectivity index is 1.49. The highest BCUT2D eigenvalue weighted by atomic mass is 19.4. The highest BCUT2D eigenvalue weighted by Crippen LogP contribution is 2.29. The van der Waals surface area contributed by atoms with E-state index in [1.165, 1.54) is 12.3 Å². The topological polar surface area (TPSA) is 75.5 Å². The van der Waals surface area contributed by atoms with Crippen molar-refractivity contribution in [1.29, 1.82) is 0 Å². The number of benzene rings is 3. The van der Waals surface area contributed by atoms with Crippen LogP contribution in [0.1, 0.15) is 21.5 Å². The van der Waals surface area contributed by atoms with Crippen LogP contribution in [0.3, 0.4) is 0 Å². The van der Waals surface area contributed by atoms with E-state index in [0.717, 1.165) is 29.1 Å². The van der Waals surface area contributed by atoms with E-state index in [1.807, 2.05) is 42.5 Å². The second-order valence-electron chi connectivity index (χ2n) is 7.42. The van der Waals surface area contributed by atoms with E-state index in [4.69, 9.17) is 0 Å². The highest BCUT2D eigenvalue weighted by molar-refractivity contribution is 6.01. The maximum atomic E-state index is 12.9. The first-order valence-electron chi connectivity index (χ1n) is 10.2. The van der Waals surface area contributed by atoms with E-state index < -0.39 is 17.6 Å². The third-order valence-electron chi connectivity index (χ3n) is 5.01.